The van der Waals surface area contributed by atoms with Gasteiger partial charge < -0.3 is 5.11 Å². The molecule has 0 fully saturated rings. The maximum Gasteiger partial charge on any atom is 0.0883 e. The summed E-state index contributed by atoms with van der Waals surface area (Å²) < 4.78 is 2.52. The van der Waals surface area contributed by atoms with Crippen molar-refractivity contribution in [1.29, 1.82) is 0 Å². The minimum absolute atomic E-state index is 0.0583. The van der Waals surface area contributed by atoms with E-state index in [4.69, 9.17) is 16.7 Å². The van der Waals surface area contributed by atoms with Gasteiger partial charge in [-0.15, -0.1) is 0 Å². The van der Waals surface area contributed by atoms with Crippen LogP contribution >= 0.6 is 27.5 Å². The molecule has 1 N–H and O–H groups in total. The van der Waals surface area contributed by atoms with Gasteiger partial charge in [0.15, 0.2) is 0 Å². The number of nitrogens with zero attached hydrogens (tertiary/aromatic N) is 2. The molecule has 0 amide bonds. The van der Waals surface area contributed by atoms with Crippen LogP contribution in [0.2, 0.25) is 5.02 Å². The third kappa shape index (κ3) is 2.22. The van der Waals surface area contributed by atoms with Gasteiger partial charge in [0.05, 0.1) is 23.0 Å². The number of aromatic nitrogens is 2. The van der Waals surface area contributed by atoms with E-state index in [9.17, 15) is 0 Å². The highest BCUT2D eigenvalue weighted by molar-refractivity contribution is 9.10. The molecule has 0 atom stereocenters. The molecule has 0 aliphatic rings. The van der Waals surface area contributed by atoms with Crippen LogP contribution in [-0.4, -0.2) is 14.9 Å². The lowest BCUT2D eigenvalue weighted by molar-refractivity contribution is 0.276. The van der Waals surface area contributed by atoms with Gasteiger partial charge in [-0.3, -0.25) is 0 Å². The van der Waals surface area contributed by atoms with Gasteiger partial charge in [0.2, 0.25) is 0 Å². The SMILES string of the molecule is OCc1ccn(-c2ccc(Br)c(Cl)c2)n1. The Morgan fingerprint density at radius 1 is 1.40 bits per heavy atom. The molecule has 0 aliphatic heterocycles. The summed E-state index contributed by atoms with van der Waals surface area (Å²) in [6, 6.07) is 7.32. The van der Waals surface area contributed by atoms with Crippen molar-refractivity contribution in [3.63, 3.8) is 0 Å². The first-order chi connectivity index (χ1) is 7.20. The Morgan fingerprint density at radius 2 is 2.20 bits per heavy atom. The van der Waals surface area contributed by atoms with E-state index in [1.165, 1.54) is 0 Å². The second kappa shape index (κ2) is 4.35. The van der Waals surface area contributed by atoms with Crippen molar-refractivity contribution in [2.75, 3.05) is 0 Å². The Hall–Kier alpha value is -0.840. The molecular weight excluding hydrogens is 279 g/mol. The van der Waals surface area contributed by atoms with E-state index in [1.807, 2.05) is 12.1 Å². The summed E-state index contributed by atoms with van der Waals surface area (Å²) in [5, 5.41) is 13.7. The minimum atomic E-state index is -0.0583. The first kappa shape index (κ1) is 10.7. The predicted molar refractivity (Wildman–Crippen MR) is 62.2 cm³/mol. The van der Waals surface area contributed by atoms with E-state index in [0.29, 0.717) is 10.7 Å². The summed E-state index contributed by atoms with van der Waals surface area (Å²) in [4.78, 5) is 0. The third-order valence-corrected chi connectivity index (χ3v) is 3.21. The zero-order valence-electron chi connectivity index (χ0n) is 7.69. The fraction of sp³-hybridized carbons (Fsp3) is 0.100. The molecule has 0 saturated heterocycles. The molecule has 15 heavy (non-hydrogen) atoms. The van der Waals surface area contributed by atoms with Gasteiger partial charge in [-0.2, -0.15) is 5.10 Å². The van der Waals surface area contributed by atoms with Crippen LogP contribution in [0.5, 0.6) is 0 Å². The molecule has 2 aromatic rings. The summed E-state index contributed by atoms with van der Waals surface area (Å²) in [6.45, 7) is -0.0583. The van der Waals surface area contributed by atoms with E-state index in [-0.39, 0.29) is 6.61 Å². The molecular formula is C10H8BrClN2O. The Morgan fingerprint density at radius 3 is 2.80 bits per heavy atom. The fourth-order valence-corrected chi connectivity index (χ4v) is 1.64. The number of aliphatic hydroxyl groups excluding tert-OH is 1. The molecule has 0 aliphatic carbocycles. The van der Waals surface area contributed by atoms with Crippen LogP contribution in [0.15, 0.2) is 34.9 Å². The van der Waals surface area contributed by atoms with Gasteiger partial charge in [-0.1, -0.05) is 11.6 Å². The first-order valence-corrected chi connectivity index (χ1v) is 5.48. The molecule has 0 spiro atoms. The highest BCUT2D eigenvalue weighted by Gasteiger charge is 2.02. The maximum absolute atomic E-state index is 8.89. The first-order valence-electron chi connectivity index (χ1n) is 4.31. The molecule has 0 bridgehead atoms. The van der Waals surface area contributed by atoms with E-state index in [0.717, 1.165) is 10.2 Å². The van der Waals surface area contributed by atoms with Gasteiger partial charge in [0, 0.05) is 10.7 Å². The largest absolute Gasteiger partial charge is 0.390 e. The van der Waals surface area contributed by atoms with E-state index < -0.39 is 0 Å². The summed E-state index contributed by atoms with van der Waals surface area (Å²) >= 11 is 9.29. The molecule has 0 radical (unpaired) electrons. The molecule has 1 heterocycles. The van der Waals surface area contributed by atoms with Crippen molar-refractivity contribution in [3.05, 3.63) is 45.7 Å². The molecule has 2 rings (SSSR count). The van der Waals surface area contributed by atoms with Crippen molar-refractivity contribution in [1.82, 2.24) is 9.78 Å². The van der Waals surface area contributed by atoms with Crippen LogP contribution in [0.25, 0.3) is 5.69 Å². The lowest BCUT2D eigenvalue weighted by Crippen LogP contribution is -1.96. The lowest BCUT2D eigenvalue weighted by atomic mass is 10.3. The normalized spacial score (nSPS) is 10.6. The Labute approximate surface area is 100 Å². The van der Waals surface area contributed by atoms with Crippen molar-refractivity contribution in [2.24, 2.45) is 0 Å². The second-order valence-corrected chi connectivity index (χ2v) is 4.27. The zero-order chi connectivity index (χ0) is 10.8. The summed E-state index contributed by atoms with van der Waals surface area (Å²) in [6.07, 6.45) is 1.78. The average Bonchev–Trinajstić information content (AvgIpc) is 2.70. The monoisotopic (exact) mass is 286 g/mol. The number of hydrogen-bond donors (Lipinski definition) is 1. The third-order valence-electron chi connectivity index (χ3n) is 1.97. The number of rotatable bonds is 2. The van der Waals surface area contributed by atoms with Crippen LogP contribution in [0.3, 0.4) is 0 Å². The molecule has 78 valence electrons. The van der Waals surface area contributed by atoms with Crippen molar-refractivity contribution < 1.29 is 5.11 Å². The number of halogens is 2. The molecule has 0 unspecified atom stereocenters. The van der Waals surface area contributed by atoms with Crippen molar-refractivity contribution in [3.8, 4) is 5.69 Å². The number of hydrogen-bond acceptors (Lipinski definition) is 2. The van der Waals surface area contributed by atoms with Crippen LogP contribution in [0, 0.1) is 0 Å². The van der Waals surface area contributed by atoms with Gasteiger partial charge in [-0.05, 0) is 40.2 Å². The molecule has 3 nitrogen and oxygen atoms in total. The van der Waals surface area contributed by atoms with E-state index in [2.05, 4.69) is 21.0 Å². The number of benzene rings is 1. The topological polar surface area (TPSA) is 38.0 Å². The molecule has 1 aromatic heterocycles. The Kier molecular flexibility index (Phi) is 3.09. The van der Waals surface area contributed by atoms with Crippen LogP contribution in [0.1, 0.15) is 5.69 Å². The van der Waals surface area contributed by atoms with Crippen LogP contribution in [-0.2, 0) is 6.61 Å². The van der Waals surface area contributed by atoms with Crippen molar-refractivity contribution in [2.45, 2.75) is 6.61 Å². The van der Waals surface area contributed by atoms with E-state index in [1.54, 1.807) is 23.0 Å². The minimum Gasteiger partial charge on any atom is -0.390 e. The Balaban J connectivity index is 2.40. The molecule has 1 aromatic carbocycles. The smallest absolute Gasteiger partial charge is 0.0883 e. The summed E-state index contributed by atoms with van der Waals surface area (Å²) in [5.74, 6) is 0. The maximum atomic E-state index is 8.89. The highest BCUT2D eigenvalue weighted by atomic mass is 79.9. The number of aliphatic hydroxyl groups is 1. The summed E-state index contributed by atoms with van der Waals surface area (Å²) in [5.41, 5.74) is 1.50. The van der Waals surface area contributed by atoms with Gasteiger partial charge in [-0.25, -0.2) is 4.68 Å². The summed E-state index contributed by atoms with van der Waals surface area (Å²) in [7, 11) is 0. The quantitative estimate of drug-likeness (QED) is 0.922. The van der Waals surface area contributed by atoms with Gasteiger partial charge >= 0.3 is 0 Å². The zero-order valence-corrected chi connectivity index (χ0v) is 10.0. The average molecular weight is 288 g/mol. The van der Waals surface area contributed by atoms with Gasteiger partial charge in [0.25, 0.3) is 0 Å². The van der Waals surface area contributed by atoms with Crippen LogP contribution in [0.4, 0.5) is 0 Å². The molecule has 5 heteroatoms. The predicted octanol–water partition coefficient (Wildman–Crippen LogP) is 2.78. The lowest BCUT2D eigenvalue weighted by Gasteiger charge is -2.02. The highest BCUT2D eigenvalue weighted by Crippen LogP contribution is 2.24. The van der Waals surface area contributed by atoms with Crippen molar-refractivity contribution >= 4 is 27.5 Å². The van der Waals surface area contributed by atoms with Crippen LogP contribution < -0.4 is 0 Å². The molecule has 0 saturated carbocycles. The Bertz CT molecular complexity index is 484. The van der Waals surface area contributed by atoms with E-state index >= 15 is 0 Å². The van der Waals surface area contributed by atoms with Gasteiger partial charge in [0.1, 0.15) is 0 Å². The fourth-order valence-electron chi connectivity index (χ4n) is 1.22. The second-order valence-electron chi connectivity index (χ2n) is 3.01. The standard InChI is InChI=1S/C10H8BrClN2O/c11-9-2-1-8(5-10(9)12)14-4-3-7(6-15)13-14/h1-5,15H,6H2.